The van der Waals surface area contributed by atoms with Gasteiger partial charge in [0.2, 0.25) is 0 Å². The Morgan fingerprint density at radius 1 is 0.444 bits per heavy atom. The summed E-state index contributed by atoms with van der Waals surface area (Å²) in [6.45, 7) is 4.26. The van der Waals surface area contributed by atoms with Crippen molar-refractivity contribution in [2.45, 2.75) is 13.8 Å². The lowest BCUT2D eigenvalue weighted by Crippen LogP contribution is -1.79. The minimum Gasteiger partial charge on any atom is -0.135 e. The maximum atomic E-state index is 2.33. The summed E-state index contributed by atoms with van der Waals surface area (Å²) in [6.07, 6.45) is 0. The summed E-state index contributed by atoms with van der Waals surface area (Å²) in [6, 6.07) is 31.2. The van der Waals surface area contributed by atoms with Gasteiger partial charge in [-0.2, -0.15) is 0 Å². The molecule has 0 fully saturated rings. The SMILES string of the molecule is Cc1ccc(-c2ccc3c(c2)sc2cc(-c4ccc(C)cc4)ccc23)cc1. The summed E-state index contributed by atoms with van der Waals surface area (Å²) < 4.78 is 2.70. The van der Waals surface area contributed by atoms with Crippen LogP contribution in [-0.4, -0.2) is 0 Å². The van der Waals surface area contributed by atoms with Gasteiger partial charge >= 0.3 is 0 Å². The number of hydrogen-bond donors (Lipinski definition) is 0. The Hall–Kier alpha value is -2.90. The van der Waals surface area contributed by atoms with Crippen LogP contribution in [0.3, 0.4) is 0 Å². The summed E-state index contributed by atoms with van der Waals surface area (Å²) >= 11 is 1.89. The van der Waals surface area contributed by atoms with Crippen molar-refractivity contribution in [3.05, 3.63) is 96.1 Å². The molecule has 4 aromatic carbocycles. The van der Waals surface area contributed by atoms with Crippen molar-refractivity contribution < 1.29 is 0 Å². The molecule has 0 unspecified atom stereocenters. The fourth-order valence-electron chi connectivity index (χ4n) is 3.63. The lowest BCUT2D eigenvalue weighted by molar-refractivity contribution is 1.47. The molecule has 0 spiro atoms. The zero-order valence-corrected chi connectivity index (χ0v) is 16.3. The molecule has 0 amide bonds. The zero-order chi connectivity index (χ0) is 18.4. The fraction of sp³-hybridized carbons (Fsp3) is 0.0769. The highest BCUT2D eigenvalue weighted by atomic mass is 32.1. The number of benzene rings is 4. The first-order valence-electron chi connectivity index (χ1n) is 9.28. The van der Waals surface area contributed by atoms with E-state index in [-0.39, 0.29) is 0 Å². The van der Waals surface area contributed by atoms with Gasteiger partial charge in [0.15, 0.2) is 0 Å². The van der Waals surface area contributed by atoms with Crippen LogP contribution in [0.15, 0.2) is 84.9 Å². The number of rotatable bonds is 2. The first kappa shape index (κ1) is 16.3. The van der Waals surface area contributed by atoms with Crippen LogP contribution in [0.4, 0.5) is 0 Å². The summed E-state index contributed by atoms with van der Waals surface area (Å²) in [7, 11) is 0. The van der Waals surface area contributed by atoms with Gasteiger partial charge in [-0.3, -0.25) is 0 Å². The molecule has 130 valence electrons. The second-order valence-electron chi connectivity index (χ2n) is 7.26. The van der Waals surface area contributed by atoms with Crippen LogP contribution in [-0.2, 0) is 0 Å². The molecule has 0 aliphatic rings. The average molecular weight is 365 g/mol. The van der Waals surface area contributed by atoms with E-state index < -0.39 is 0 Å². The second-order valence-corrected chi connectivity index (χ2v) is 8.34. The molecule has 0 aliphatic carbocycles. The normalized spacial score (nSPS) is 11.3. The van der Waals surface area contributed by atoms with Gasteiger partial charge in [0.1, 0.15) is 0 Å². The first-order chi connectivity index (χ1) is 13.2. The summed E-state index contributed by atoms with van der Waals surface area (Å²) in [4.78, 5) is 0. The molecule has 5 aromatic rings. The van der Waals surface area contributed by atoms with E-state index in [4.69, 9.17) is 0 Å². The molecule has 1 heterocycles. The molecule has 1 heteroatoms. The van der Waals surface area contributed by atoms with Gasteiger partial charge in [-0.15, -0.1) is 11.3 Å². The minimum atomic E-state index is 1.28. The number of thiophene rings is 1. The van der Waals surface area contributed by atoms with Crippen molar-refractivity contribution in [2.24, 2.45) is 0 Å². The molecule has 0 radical (unpaired) electrons. The minimum absolute atomic E-state index is 1.28. The van der Waals surface area contributed by atoms with Gasteiger partial charge in [0, 0.05) is 20.2 Å². The van der Waals surface area contributed by atoms with E-state index in [2.05, 4.69) is 98.8 Å². The smallest absolute Gasteiger partial charge is 0.0361 e. The topological polar surface area (TPSA) is 0 Å². The van der Waals surface area contributed by atoms with Crippen LogP contribution in [0, 0.1) is 13.8 Å². The predicted molar refractivity (Wildman–Crippen MR) is 120 cm³/mol. The van der Waals surface area contributed by atoms with Crippen molar-refractivity contribution in [3.8, 4) is 22.3 Å². The molecule has 0 saturated heterocycles. The quantitative estimate of drug-likeness (QED) is 0.297. The zero-order valence-electron chi connectivity index (χ0n) is 15.5. The molecule has 0 bridgehead atoms. The van der Waals surface area contributed by atoms with E-state index in [1.54, 1.807) is 0 Å². The first-order valence-corrected chi connectivity index (χ1v) is 10.1. The predicted octanol–water partition coefficient (Wildman–Crippen LogP) is 8.01. The van der Waals surface area contributed by atoms with E-state index in [0.29, 0.717) is 0 Å². The van der Waals surface area contributed by atoms with Gasteiger partial charge in [0.05, 0.1) is 0 Å². The third-order valence-corrected chi connectivity index (χ3v) is 6.36. The Morgan fingerprint density at radius 2 is 0.815 bits per heavy atom. The maximum absolute atomic E-state index is 2.33. The maximum Gasteiger partial charge on any atom is 0.0361 e. The molecule has 0 atom stereocenters. The Labute approximate surface area is 163 Å². The van der Waals surface area contributed by atoms with Crippen LogP contribution in [0.1, 0.15) is 11.1 Å². The highest BCUT2D eigenvalue weighted by molar-refractivity contribution is 7.25. The van der Waals surface area contributed by atoms with Gasteiger partial charge in [-0.05, 0) is 48.2 Å². The second kappa shape index (κ2) is 6.37. The van der Waals surface area contributed by atoms with Crippen LogP contribution < -0.4 is 0 Å². The van der Waals surface area contributed by atoms with Crippen LogP contribution in [0.25, 0.3) is 42.4 Å². The summed E-state index contributed by atoms with van der Waals surface area (Å²) in [5.41, 5.74) is 7.72. The van der Waals surface area contributed by atoms with Crippen molar-refractivity contribution in [2.75, 3.05) is 0 Å². The van der Waals surface area contributed by atoms with E-state index in [9.17, 15) is 0 Å². The largest absolute Gasteiger partial charge is 0.135 e. The monoisotopic (exact) mass is 364 g/mol. The van der Waals surface area contributed by atoms with Gasteiger partial charge in [-0.25, -0.2) is 0 Å². The van der Waals surface area contributed by atoms with E-state index in [1.165, 1.54) is 53.6 Å². The van der Waals surface area contributed by atoms with E-state index in [0.717, 1.165) is 0 Å². The van der Waals surface area contributed by atoms with Crippen molar-refractivity contribution in [1.82, 2.24) is 0 Å². The molecule has 0 N–H and O–H groups in total. The molecule has 0 saturated carbocycles. The Morgan fingerprint density at radius 3 is 1.22 bits per heavy atom. The lowest BCUT2D eigenvalue weighted by atomic mass is 10.0. The third kappa shape index (κ3) is 2.94. The average Bonchev–Trinajstić information content (AvgIpc) is 3.06. The van der Waals surface area contributed by atoms with E-state index in [1.807, 2.05) is 11.3 Å². The standard InChI is InChI=1S/C26H20S/c1-17-3-7-19(8-4-17)21-11-13-23-24-14-12-22(16-26(24)27-25(23)15-21)20-9-5-18(2)6-10-20/h3-16H,1-2H3. The van der Waals surface area contributed by atoms with Crippen LogP contribution in [0.2, 0.25) is 0 Å². The van der Waals surface area contributed by atoms with Gasteiger partial charge < -0.3 is 0 Å². The van der Waals surface area contributed by atoms with Crippen LogP contribution in [0.5, 0.6) is 0 Å². The van der Waals surface area contributed by atoms with Crippen molar-refractivity contribution in [1.29, 1.82) is 0 Å². The third-order valence-electron chi connectivity index (χ3n) is 5.24. The lowest BCUT2D eigenvalue weighted by Gasteiger charge is -2.03. The molecule has 27 heavy (non-hydrogen) atoms. The Balaban J connectivity index is 1.62. The molecule has 1 aromatic heterocycles. The summed E-state index contributed by atoms with van der Waals surface area (Å²) in [5, 5.41) is 2.70. The Bertz CT molecular complexity index is 1160. The molecule has 0 aliphatic heterocycles. The number of aryl methyl sites for hydroxylation is 2. The highest BCUT2D eigenvalue weighted by Gasteiger charge is 2.08. The number of fused-ring (bicyclic) bond motifs is 3. The van der Waals surface area contributed by atoms with Crippen molar-refractivity contribution in [3.63, 3.8) is 0 Å². The van der Waals surface area contributed by atoms with Crippen molar-refractivity contribution >= 4 is 31.5 Å². The van der Waals surface area contributed by atoms with Crippen LogP contribution >= 0.6 is 11.3 Å². The highest BCUT2D eigenvalue weighted by Crippen LogP contribution is 2.38. The molecule has 0 nitrogen and oxygen atoms in total. The van der Waals surface area contributed by atoms with E-state index >= 15 is 0 Å². The van der Waals surface area contributed by atoms with Gasteiger partial charge in [0.25, 0.3) is 0 Å². The Kier molecular flexibility index (Phi) is 3.84. The molecule has 5 rings (SSSR count). The van der Waals surface area contributed by atoms with Gasteiger partial charge in [-0.1, -0.05) is 83.9 Å². The fourth-order valence-corrected chi connectivity index (χ4v) is 4.81. The molecular weight excluding hydrogens is 344 g/mol. The molecular formula is C26H20S. The number of hydrogen-bond acceptors (Lipinski definition) is 1. The summed E-state index contributed by atoms with van der Waals surface area (Å²) in [5.74, 6) is 0.